The minimum Gasteiger partial charge on any atom is -0.392 e. The first-order chi connectivity index (χ1) is 7.33. The van der Waals surface area contributed by atoms with E-state index in [2.05, 4.69) is 12.2 Å². The van der Waals surface area contributed by atoms with Crippen molar-refractivity contribution in [3.05, 3.63) is 0 Å². The molecule has 0 aromatic carbocycles. The third kappa shape index (κ3) is 6.16. The van der Waals surface area contributed by atoms with E-state index >= 15 is 0 Å². The highest BCUT2D eigenvalue weighted by molar-refractivity contribution is 4.67. The van der Waals surface area contributed by atoms with Gasteiger partial charge < -0.3 is 10.4 Å². The third-order valence-corrected chi connectivity index (χ3v) is 3.46. The van der Waals surface area contributed by atoms with E-state index in [4.69, 9.17) is 0 Å². The molecule has 1 aliphatic rings. The van der Waals surface area contributed by atoms with Crippen LogP contribution >= 0.6 is 0 Å². The van der Waals surface area contributed by atoms with Gasteiger partial charge in [-0.1, -0.05) is 45.4 Å². The molecule has 90 valence electrons. The van der Waals surface area contributed by atoms with E-state index in [1.165, 1.54) is 38.5 Å². The fourth-order valence-electron chi connectivity index (χ4n) is 2.49. The molecule has 0 heterocycles. The Balaban J connectivity index is 1.91. The van der Waals surface area contributed by atoms with E-state index in [9.17, 15) is 5.11 Å². The summed E-state index contributed by atoms with van der Waals surface area (Å²) in [6.45, 7) is 3.98. The van der Waals surface area contributed by atoms with E-state index in [1.54, 1.807) is 0 Å². The van der Waals surface area contributed by atoms with Gasteiger partial charge >= 0.3 is 0 Å². The second-order valence-electron chi connectivity index (χ2n) is 4.94. The zero-order valence-electron chi connectivity index (χ0n) is 10.2. The van der Waals surface area contributed by atoms with Gasteiger partial charge in [-0.05, 0) is 25.3 Å². The van der Waals surface area contributed by atoms with Crippen molar-refractivity contribution in [3.63, 3.8) is 0 Å². The SMILES string of the molecule is CCCC(O)CNCCC1CCCCC1. The Labute approximate surface area is 94.5 Å². The summed E-state index contributed by atoms with van der Waals surface area (Å²) in [6.07, 6.45) is 10.3. The maximum atomic E-state index is 9.52. The van der Waals surface area contributed by atoms with Gasteiger partial charge in [0.2, 0.25) is 0 Å². The Hall–Kier alpha value is -0.0800. The molecule has 1 unspecified atom stereocenters. The monoisotopic (exact) mass is 213 g/mol. The Morgan fingerprint density at radius 2 is 2.00 bits per heavy atom. The van der Waals surface area contributed by atoms with Crippen LogP contribution in [0.25, 0.3) is 0 Å². The second kappa shape index (κ2) is 8.12. The van der Waals surface area contributed by atoms with Crippen LogP contribution in [0.2, 0.25) is 0 Å². The maximum Gasteiger partial charge on any atom is 0.0664 e. The molecule has 0 aliphatic heterocycles. The zero-order valence-corrected chi connectivity index (χ0v) is 10.2. The summed E-state index contributed by atoms with van der Waals surface area (Å²) in [5.41, 5.74) is 0. The fraction of sp³-hybridized carbons (Fsp3) is 1.00. The molecular formula is C13H27NO. The van der Waals surface area contributed by atoms with Gasteiger partial charge in [-0.15, -0.1) is 0 Å². The van der Waals surface area contributed by atoms with Gasteiger partial charge in [0.15, 0.2) is 0 Å². The highest BCUT2D eigenvalue weighted by Crippen LogP contribution is 2.25. The molecule has 0 aromatic rings. The topological polar surface area (TPSA) is 32.3 Å². The number of aliphatic hydroxyl groups is 1. The van der Waals surface area contributed by atoms with Crippen molar-refractivity contribution in [1.82, 2.24) is 5.32 Å². The molecule has 1 atom stereocenters. The van der Waals surface area contributed by atoms with Crippen LogP contribution in [-0.2, 0) is 0 Å². The second-order valence-corrected chi connectivity index (χ2v) is 4.94. The van der Waals surface area contributed by atoms with Crippen LogP contribution in [0.3, 0.4) is 0 Å². The van der Waals surface area contributed by atoms with Crippen molar-refractivity contribution in [2.75, 3.05) is 13.1 Å². The molecule has 0 radical (unpaired) electrons. The predicted molar refractivity (Wildman–Crippen MR) is 65.0 cm³/mol. The number of aliphatic hydroxyl groups excluding tert-OH is 1. The minimum atomic E-state index is -0.138. The molecule has 2 heteroatoms. The first-order valence-electron chi connectivity index (χ1n) is 6.71. The van der Waals surface area contributed by atoms with E-state index in [-0.39, 0.29) is 6.10 Å². The minimum absolute atomic E-state index is 0.138. The van der Waals surface area contributed by atoms with Crippen molar-refractivity contribution in [2.24, 2.45) is 5.92 Å². The smallest absolute Gasteiger partial charge is 0.0664 e. The molecule has 0 amide bonds. The van der Waals surface area contributed by atoms with Crippen LogP contribution in [-0.4, -0.2) is 24.3 Å². The van der Waals surface area contributed by atoms with E-state index < -0.39 is 0 Å². The van der Waals surface area contributed by atoms with E-state index in [0.717, 1.165) is 31.8 Å². The van der Waals surface area contributed by atoms with Gasteiger partial charge in [0.05, 0.1) is 6.10 Å². The van der Waals surface area contributed by atoms with Crippen molar-refractivity contribution in [3.8, 4) is 0 Å². The van der Waals surface area contributed by atoms with Gasteiger partial charge in [0.1, 0.15) is 0 Å². The largest absolute Gasteiger partial charge is 0.392 e. The van der Waals surface area contributed by atoms with Gasteiger partial charge in [0, 0.05) is 6.54 Å². The van der Waals surface area contributed by atoms with Crippen molar-refractivity contribution < 1.29 is 5.11 Å². The first-order valence-corrected chi connectivity index (χ1v) is 6.71. The van der Waals surface area contributed by atoms with Crippen molar-refractivity contribution in [1.29, 1.82) is 0 Å². The van der Waals surface area contributed by atoms with Crippen LogP contribution in [0, 0.1) is 5.92 Å². The number of rotatable bonds is 7. The Morgan fingerprint density at radius 1 is 1.27 bits per heavy atom. The number of hydrogen-bond donors (Lipinski definition) is 2. The Kier molecular flexibility index (Phi) is 7.03. The number of hydrogen-bond acceptors (Lipinski definition) is 2. The van der Waals surface area contributed by atoms with Crippen LogP contribution in [0.4, 0.5) is 0 Å². The molecule has 1 rings (SSSR count). The lowest BCUT2D eigenvalue weighted by Gasteiger charge is -2.21. The van der Waals surface area contributed by atoms with Crippen LogP contribution in [0.5, 0.6) is 0 Å². The summed E-state index contributed by atoms with van der Waals surface area (Å²) in [6, 6.07) is 0. The third-order valence-electron chi connectivity index (χ3n) is 3.46. The first kappa shape index (κ1) is 13.0. The molecule has 0 bridgehead atoms. The fourth-order valence-corrected chi connectivity index (χ4v) is 2.49. The molecule has 2 nitrogen and oxygen atoms in total. The Bertz CT molecular complexity index is 143. The quantitative estimate of drug-likeness (QED) is 0.637. The summed E-state index contributed by atoms with van der Waals surface area (Å²) < 4.78 is 0. The standard InChI is InChI=1S/C13H27NO/c1-2-6-13(15)11-14-10-9-12-7-4-3-5-8-12/h12-15H,2-11H2,1H3. The van der Waals surface area contributed by atoms with E-state index in [1.807, 2.05) is 0 Å². The van der Waals surface area contributed by atoms with Gasteiger partial charge in [-0.25, -0.2) is 0 Å². The summed E-state index contributed by atoms with van der Waals surface area (Å²) in [5, 5.41) is 12.9. The molecule has 1 aliphatic carbocycles. The molecule has 1 fully saturated rings. The molecule has 1 saturated carbocycles. The van der Waals surface area contributed by atoms with Crippen molar-refractivity contribution in [2.45, 2.75) is 64.4 Å². The molecule has 0 spiro atoms. The average molecular weight is 213 g/mol. The molecule has 0 saturated heterocycles. The van der Waals surface area contributed by atoms with Gasteiger partial charge in [-0.3, -0.25) is 0 Å². The lowest BCUT2D eigenvalue weighted by Crippen LogP contribution is -2.28. The lowest BCUT2D eigenvalue weighted by atomic mass is 9.87. The highest BCUT2D eigenvalue weighted by Gasteiger charge is 2.12. The maximum absolute atomic E-state index is 9.52. The summed E-state index contributed by atoms with van der Waals surface area (Å²) >= 11 is 0. The van der Waals surface area contributed by atoms with Crippen molar-refractivity contribution >= 4 is 0 Å². The normalized spacial score (nSPS) is 20.4. The molecule has 15 heavy (non-hydrogen) atoms. The summed E-state index contributed by atoms with van der Waals surface area (Å²) in [7, 11) is 0. The van der Waals surface area contributed by atoms with Crippen LogP contribution < -0.4 is 5.32 Å². The van der Waals surface area contributed by atoms with Gasteiger partial charge in [0.25, 0.3) is 0 Å². The lowest BCUT2D eigenvalue weighted by molar-refractivity contribution is 0.159. The molecule has 0 aromatic heterocycles. The number of nitrogens with one attached hydrogen (secondary N) is 1. The molecule has 2 N–H and O–H groups in total. The van der Waals surface area contributed by atoms with Crippen LogP contribution in [0.15, 0.2) is 0 Å². The van der Waals surface area contributed by atoms with Crippen LogP contribution in [0.1, 0.15) is 58.3 Å². The van der Waals surface area contributed by atoms with E-state index in [0.29, 0.717) is 0 Å². The average Bonchev–Trinajstić information content (AvgIpc) is 2.26. The van der Waals surface area contributed by atoms with Gasteiger partial charge in [-0.2, -0.15) is 0 Å². The molecular weight excluding hydrogens is 186 g/mol. The summed E-state index contributed by atoms with van der Waals surface area (Å²) in [5.74, 6) is 0.953. The summed E-state index contributed by atoms with van der Waals surface area (Å²) in [4.78, 5) is 0. The Morgan fingerprint density at radius 3 is 2.67 bits per heavy atom. The zero-order chi connectivity index (χ0) is 10.9. The predicted octanol–water partition coefficient (Wildman–Crippen LogP) is 2.71. The highest BCUT2D eigenvalue weighted by atomic mass is 16.3.